The van der Waals surface area contributed by atoms with Crippen LogP contribution in [0.5, 0.6) is 0 Å². The molecule has 0 bridgehead atoms. The molecule has 0 nitrogen and oxygen atoms in total. The standard InChI is InChI=1S/C21H22/c1-17-8-12-20(13-9-17)21-14-10-19(11-15-21)16-18-6-4-2-3-5-7-18/h2-6,8-10,12-15,19H,7,11,16H2,1H3. The lowest BCUT2D eigenvalue weighted by atomic mass is 9.88. The number of hydrogen-bond donors (Lipinski definition) is 0. The molecule has 1 unspecified atom stereocenters. The highest BCUT2D eigenvalue weighted by Crippen LogP contribution is 2.29. The largest absolute Gasteiger partial charge is 0.0805 e. The van der Waals surface area contributed by atoms with Crippen molar-refractivity contribution in [2.45, 2.75) is 26.2 Å². The van der Waals surface area contributed by atoms with Crippen molar-refractivity contribution in [3.05, 3.63) is 89.6 Å². The van der Waals surface area contributed by atoms with Crippen LogP contribution in [-0.2, 0) is 0 Å². The molecule has 0 saturated heterocycles. The van der Waals surface area contributed by atoms with E-state index in [1.54, 1.807) is 0 Å². The molecule has 0 fully saturated rings. The Labute approximate surface area is 127 Å². The molecule has 0 radical (unpaired) electrons. The third-order valence-corrected chi connectivity index (χ3v) is 4.17. The average molecular weight is 274 g/mol. The van der Waals surface area contributed by atoms with Gasteiger partial charge < -0.3 is 0 Å². The lowest BCUT2D eigenvalue weighted by Crippen LogP contribution is -2.01. The van der Waals surface area contributed by atoms with E-state index in [2.05, 4.69) is 79.8 Å². The first-order valence-corrected chi connectivity index (χ1v) is 7.78. The van der Waals surface area contributed by atoms with E-state index in [1.807, 2.05) is 0 Å². The third-order valence-electron chi connectivity index (χ3n) is 4.17. The van der Waals surface area contributed by atoms with E-state index in [0.29, 0.717) is 5.92 Å². The lowest BCUT2D eigenvalue weighted by molar-refractivity contribution is 0.643. The third kappa shape index (κ3) is 3.72. The van der Waals surface area contributed by atoms with Crippen molar-refractivity contribution >= 4 is 5.57 Å². The molecule has 0 heteroatoms. The van der Waals surface area contributed by atoms with Gasteiger partial charge in [0.15, 0.2) is 0 Å². The molecule has 0 N–H and O–H groups in total. The number of hydrogen-bond acceptors (Lipinski definition) is 0. The molecule has 1 aromatic carbocycles. The van der Waals surface area contributed by atoms with Crippen LogP contribution in [-0.4, -0.2) is 0 Å². The maximum atomic E-state index is 2.39. The van der Waals surface area contributed by atoms with Crippen molar-refractivity contribution in [3.8, 4) is 0 Å². The summed E-state index contributed by atoms with van der Waals surface area (Å²) in [5.74, 6) is 0.644. The summed E-state index contributed by atoms with van der Waals surface area (Å²) in [7, 11) is 0. The highest BCUT2D eigenvalue weighted by atomic mass is 14.2. The second-order valence-corrected chi connectivity index (χ2v) is 5.93. The van der Waals surface area contributed by atoms with Gasteiger partial charge in [0.25, 0.3) is 0 Å². The van der Waals surface area contributed by atoms with Gasteiger partial charge in [-0.3, -0.25) is 0 Å². The normalized spacial score (nSPS) is 20.9. The zero-order valence-electron chi connectivity index (χ0n) is 12.6. The number of rotatable bonds is 3. The Hall–Kier alpha value is -2.08. The van der Waals surface area contributed by atoms with E-state index in [1.165, 1.54) is 28.7 Å². The highest BCUT2D eigenvalue weighted by molar-refractivity contribution is 5.75. The van der Waals surface area contributed by atoms with Gasteiger partial charge >= 0.3 is 0 Å². The number of benzene rings is 1. The van der Waals surface area contributed by atoms with Crippen LogP contribution in [0.1, 0.15) is 30.4 Å². The molecule has 2 aliphatic rings. The van der Waals surface area contributed by atoms with E-state index in [0.717, 1.165) is 12.8 Å². The summed E-state index contributed by atoms with van der Waals surface area (Å²) >= 11 is 0. The molecule has 0 spiro atoms. The van der Waals surface area contributed by atoms with Crippen molar-refractivity contribution in [1.82, 2.24) is 0 Å². The van der Waals surface area contributed by atoms with Gasteiger partial charge in [0.1, 0.15) is 0 Å². The van der Waals surface area contributed by atoms with Crippen LogP contribution >= 0.6 is 0 Å². The van der Waals surface area contributed by atoms with Crippen molar-refractivity contribution in [3.63, 3.8) is 0 Å². The molecular formula is C21H22. The lowest BCUT2D eigenvalue weighted by Gasteiger charge is -2.17. The average Bonchev–Trinajstić information content (AvgIpc) is 2.78. The minimum atomic E-state index is 0.644. The van der Waals surface area contributed by atoms with Gasteiger partial charge in [0.2, 0.25) is 0 Å². The van der Waals surface area contributed by atoms with E-state index in [9.17, 15) is 0 Å². The first-order valence-electron chi connectivity index (χ1n) is 7.78. The molecule has 3 rings (SSSR count). The minimum absolute atomic E-state index is 0.644. The van der Waals surface area contributed by atoms with Crippen LogP contribution < -0.4 is 0 Å². The van der Waals surface area contributed by atoms with Crippen LogP contribution in [0.25, 0.3) is 5.57 Å². The van der Waals surface area contributed by atoms with Crippen LogP contribution in [0.2, 0.25) is 0 Å². The second-order valence-electron chi connectivity index (χ2n) is 5.93. The number of aryl methyl sites for hydroxylation is 1. The molecule has 0 heterocycles. The van der Waals surface area contributed by atoms with Crippen molar-refractivity contribution < 1.29 is 0 Å². The van der Waals surface area contributed by atoms with Gasteiger partial charge in [0, 0.05) is 0 Å². The summed E-state index contributed by atoms with van der Waals surface area (Å²) < 4.78 is 0. The summed E-state index contributed by atoms with van der Waals surface area (Å²) in [6, 6.07) is 8.81. The van der Waals surface area contributed by atoms with Crippen molar-refractivity contribution in [2.24, 2.45) is 5.92 Å². The van der Waals surface area contributed by atoms with Crippen LogP contribution in [0.4, 0.5) is 0 Å². The molecule has 106 valence electrons. The quantitative estimate of drug-likeness (QED) is 0.654. The SMILES string of the molecule is Cc1ccc(C2=CCC(CC3=CC=CC=CC3)C=C2)cc1. The fourth-order valence-electron chi connectivity index (χ4n) is 2.89. The zero-order chi connectivity index (χ0) is 14.5. The topological polar surface area (TPSA) is 0 Å². The number of allylic oxidation sites excluding steroid dienone is 10. The van der Waals surface area contributed by atoms with E-state index in [4.69, 9.17) is 0 Å². The molecule has 0 saturated carbocycles. The van der Waals surface area contributed by atoms with Gasteiger partial charge in [-0.05, 0) is 43.2 Å². The van der Waals surface area contributed by atoms with Crippen LogP contribution in [0.3, 0.4) is 0 Å². The minimum Gasteiger partial charge on any atom is -0.0805 e. The van der Waals surface area contributed by atoms with Gasteiger partial charge in [0.05, 0.1) is 0 Å². The fourth-order valence-corrected chi connectivity index (χ4v) is 2.89. The Balaban J connectivity index is 1.63. The van der Waals surface area contributed by atoms with E-state index in [-0.39, 0.29) is 0 Å². The molecule has 0 aliphatic heterocycles. The summed E-state index contributed by atoms with van der Waals surface area (Å²) in [6.45, 7) is 2.13. The summed E-state index contributed by atoms with van der Waals surface area (Å²) in [6.07, 6.45) is 21.4. The summed E-state index contributed by atoms with van der Waals surface area (Å²) in [5.41, 5.74) is 5.54. The smallest absolute Gasteiger partial charge is 0.0132 e. The molecule has 0 amide bonds. The molecular weight excluding hydrogens is 252 g/mol. The van der Waals surface area contributed by atoms with Gasteiger partial charge in [-0.25, -0.2) is 0 Å². The second kappa shape index (κ2) is 6.58. The first-order chi connectivity index (χ1) is 10.3. The van der Waals surface area contributed by atoms with E-state index >= 15 is 0 Å². The predicted molar refractivity (Wildman–Crippen MR) is 92.0 cm³/mol. The summed E-state index contributed by atoms with van der Waals surface area (Å²) in [4.78, 5) is 0. The Morgan fingerprint density at radius 2 is 1.90 bits per heavy atom. The first kappa shape index (κ1) is 13.9. The van der Waals surface area contributed by atoms with Gasteiger partial charge in [-0.15, -0.1) is 0 Å². The molecule has 2 aliphatic carbocycles. The van der Waals surface area contributed by atoms with Crippen LogP contribution in [0, 0.1) is 12.8 Å². The Kier molecular flexibility index (Phi) is 4.35. The van der Waals surface area contributed by atoms with Crippen molar-refractivity contribution in [1.29, 1.82) is 0 Å². The van der Waals surface area contributed by atoms with Gasteiger partial charge in [-0.2, -0.15) is 0 Å². The Morgan fingerprint density at radius 1 is 1.05 bits per heavy atom. The maximum Gasteiger partial charge on any atom is -0.0132 e. The van der Waals surface area contributed by atoms with Crippen LogP contribution in [0.15, 0.2) is 78.4 Å². The highest BCUT2D eigenvalue weighted by Gasteiger charge is 2.11. The molecule has 0 aromatic heterocycles. The monoisotopic (exact) mass is 274 g/mol. The van der Waals surface area contributed by atoms with E-state index < -0.39 is 0 Å². The zero-order valence-corrected chi connectivity index (χ0v) is 12.6. The molecule has 1 atom stereocenters. The van der Waals surface area contributed by atoms with Gasteiger partial charge in [-0.1, -0.05) is 84.0 Å². The van der Waals surface area contributed by atoms with Crippen molar-refractivity contribution in [2.75, 3.05) is 0 Å². The fraction of sp³-hybridized carbons (Fsp3) is 0.238. The Morgan fingerprint density at radius 3 is 2.67 bits per heavy atom. The summed E-state index contributed by atoms with van der Waals surface area (Å²) in [5, 5.41) is 0. The maximum absolute atomic E-state index is 2.39. The predicted octanol–water partition coefficient (Wildman–Crippen LogP) is 5.79. The molecule has 21 heavy (non-hydrogen) atoms. The Bertz CT molecular complexity index is 633. The molecule has 1 aromatic rings.